The van der Waals surface area contributed by atoms with E-state index in [0.29, 0.717) is 6.42 Å². The molecule has 78 valence electrons. The molecule has 3 heteroatoms. The average Bonchev–Trinajstić information content (AvgIpc) is 2.19. The molecule has 0 spiro atoms. The van der Waals surface area contributed by atoms with Crippen molar-refractivity contribution in [2.45, 2.75) is 31.9 Å². The predicted octanol–water partition coefficient (Wildman–Crippen LogP) is 1.87. The van der Waals surface area contributed by atoms with Gasteiger partial charge in [0.15, 0.2) is 0 Å². The summed E-state index contributed by atoms with van der Waals surface area (Å²) in [5.41, 5.74) is 2.58. The summed E-state index contributed by atoms with van der Waals surface area (Å²) in [7, 11) is 0. The maximum absolute atomic E-state index is 9.84. The Bertz CT molecular complexity index is 272. The molecule has 0 aromatic heterocycles. The molecule has 0 bridgehead atoms. The van der Waals surface area contributed by atoms with Crippen LogP contribution in [0.2, 0.25) is 0 Å². The summed E-state index contributed by atoms with van der Waals surface area (Å²) in [5, 5.41) is 18.7. The Morgan fingerprint density at radius 3 is 2.36 bits per heavy atom. The molecule has 0 aliphatic carbocycles. The van der Waals surface area contributed by atoms with Crippen LogP contribution in [-0.4, -0.2) is 15.9 Å². The Kier molecular flexibility index (Phi) is 3.63. The van der Waals surface area contributed by atoms with Crippen molar-refractivity contribution < 1.29 is 10.3 Å². The zero-order valence-electron chi connectivity index (χ0n) is 8.57. The predicted molar refractivity (Wildman–Crippen MR) is 55.0 cm³/mol. The van der Waals surface area contributed by atoms with Gasteiger partial charge in [0.2, 0.25) is 0 Å². The molecular formula is C11H17NO2. The van der Waals surface area contributed by atoms with Gasteiger partial charge in [-0.15, -0.1) is 0 Å². The van der Waals surface area contributed by atoms with Crippen molar-refractivity contribution in [3.8, 4) is 0 Å². The zero-order chi connectivity index (χ0) is 10.6. The van der Waals surface area contributed by atoms with E-state index in [0.717, 1.165) is 5.56 Å². The molecule has 1 unspecified atom stereocenters. The second-order valence-corrected chi connectivity index (χ2v) is 4.13. The molecule has 1 atom stereocenters. The van der Waals surface area contributed by atoms with Crippen molar-refractivity contribution in [2.24, 2.45) is 0 Å². The third kappa shape index (κ3) is 3.10. The molecule has 0 amide bonds. The van der Waals surface area contributed by atoms with E-state index in [9.17, 15) is 5.11 Å². The summed E-state index contributed by atoms with van der Waals surface area (Å²) >= 11 is 0. The molecule has 0 fully saturated rings. The van der Waals surface area contributed by atoms with Crippen molar-refractivity contribution in [3.05, 3.63) is 35.9 Å². The quantitative estimate of drug-likeness (QED) is 0.643. The molecule has 1 rings (SSSR count). The average molecular weight is 195 g/mol. The third-order valence-electron chi connectivity index (χ3n) is 2.19. The van der Waals surface area contributed by atoms with Gasteiger partial charge < -0.3 is 10.3 Å². The van der Waals surface area contributed by atoms with Crippen molar-refractivity contribution >= 4 is 0 Å². The van der Waals surface area contributed by atoms with Crippen LogP contribution in [0.3, 0.4) is 0 Å². The van der Waals surface area contributed by atoms with E-state index in [1.807, 2.05) is 44.2 Å². The minimum atomic E-state index is -0.550. The van der Waals surface area contributed by atoms with Gasteiger partial charge in [-0.2, -0.15) is 5.48 Å². The summed E-state index contributed by atoms with van der Waals surface area (Å²) in [4.78, 5) is 0. The van der Waals surface area contributed by atoms with E-state index in [4.69, 9.17) is 5.21 Å². The highest BCUT2D eigenvalue weighted by Gasteiger charge is 2.21. The van der Waals surface area contributed by atoms with Crippen molar-refractivity contribution in [2.75, 3.05) is 0 Å². The third-order valence-corrected chi connectivity index (χ3v) is 2.19. The number of hydrogen-bond acceptors (Lipinski definition) is 3. The van der Waals surface area contributed by atoms with Crippen molar-refractivity contribution in [1.29, 1.82) is 0 Å². The van der Waals surface area contributed by atoms with Gasteiger partial charge in [-0.3, -0.25) is 0 Å². The number of hydroxylamine groups is 1. The molecule has 3 N–H and O–H groups in total. The Balaban J connectivity index is 2.64. The van der Waals surface area contributed by atoms with Crippen LogP contribution in [0.15, 0.2) is 30.3 Å². The lowest BCUT2D eigenvalue weighted by molar-refractivity contribution is 0.0401. The number of nitrogens with one attached hydrogen (secondary N) is 1. The van der Waals surface area contributed by atoms with E-state index < -0.39 is 11.6 Å². The van der Waals surface area contributed by atoms with Crippen LogP contribution in [0.5, 0.6) is 0 Å². The summed E-state index contributed by atoms with van der Waals surface area (Å²) < 4.78 is 0. The topological polar surface area (TPSA) is 52.5 Å². The van der Waals surface area contributed by atoms with E-state index >= 15 is 0 Å². The highest BCUT2D eigenvalue weighted by molar-refractivity contribution is 5.17. The molecular weight excluding hydrogens is 178 g/mol. The number of benzene rings is 1. The largest absolute Gasteiger partial charge is 0.388 e. The fourth-order valence-corrected chi connectivity index (χ4v) is 1.32. The zero-order valence-corrected chi connectivity index (χ0v) is 8.57. The van der Waals surface area contributed by atoms with Crippen molar-refractivity contribution in [1.82, 2.24) is 5.48 Å². The number of aliphatic hydroxyl groups excluding tert-OH is 1. The van der Waals surface area contributed by atoms with Crippen LogP contribution < -0.4 is 5.48 Å². The van der Waals surface area contributed by atoms with Crippen LogP contribution in [0.4, 0.5) is 0 Å². The fraction of sp³-hybridized carbons (Fsp3) is 0.455. The molecule has 0 aliphatic heterocycles. The molecule has 0 saturated heterocycles. The molecule has 0 aliphatic rings. The molecule has 0 saturated carbocycles. The maximum Gasteiger partial charge on any atom is 0.0808 e. The van der Waals surface area contributed by atoms with Gasteiger partial charge >= 0.3 is 0 Å². The first-order valence-corrected chi connectivity index (χ1v) is 4.69. The van der Waals surface area contributed by atoms with E-state index in [2.05, 4.69) is 5.48 Å². The maximum atomic E-state index is 9.84. The lowest BCUT2D eigenvalue weighted by Gasteiger charge is -2.25. The highest BCUT2D eigenvalue weighted by atomic mass is 16.5. The van der Waals surface area contributed by atoms with Crippen molar-refractivity contribution in [3.63, 3.8) is 0 Å². The van der Waals surface area contributed by atoms with Crippen LogP contribution in [0.1, 0.15) is 31.9 Å². The van der Waals surface area contributed by atoms with Gasteiger partial charge in [0.05, 0.1) is 6.10 Å². The van der Waals surface area contributed by atoms with Gasteiger partial charge in [-0.1, -0.05) is 30.3 Å². The molecule has 3 nitrogen and oxygen atoms in total. The Hall–Kier alpha value is -0.900. The number of hydrogen-bond donors (Lipinski definition) is 3. The molecule has 1 aromatic carbocycles. The highest BCUT2D eigenvalue weighted by Crippen LogP contribution is 2.22. The van der Waals surface area contributed by atoms with E-state index in [1.54, 1.807) is 0 Å². The van der Waals surface area contributed by atoms with Crippen LogP contribution in [0.25, 0.3) is 0 Å². The Morgan fingerprint density at radius 2 is 1.86 bits per heavy atom. The van der Waals surface area contributed by atoms with Gasteiger partial charge in [-0.25, -0.2) is 0 Å². The number of rotatable bonds is 4. The standard InChI is InChI=1S/C11H17NO2/c1-11(2,12-14)8-10(13)9-6-4-3-5-7-9/h3-7,10,12-14H,8H2,1-2H3. The van der Waals surface area contributed by atoms with E-state index in [1.165, 1.54) is 0 Å². The molecule has 0 radical (unpaired) electrons. The van der Waals surface area contributed by atoms with Gasteiger partial charge in [0.1, 0.15) is 0 Å². The van der Waals surface area contributed by atoms with Crippen LogP contribution >= 0.6 is 0 Å². The normalized spacial score (nSPS) is 14.0. The van der Waals surface area contributed by atoms with Gasteiger partial charge in [-0.05, 0) is 25.8 Å². The van der Waals surface area contributed by atoms with Crippen LogP contribution in [0, 0.1) is 0 Å². The smallest absolute Gasteiger partial charge is 0.0808 e. The summed E-state index contributed by atoms with van der Waals surface area (Å²) in [5.74, 6) is 0. The Morgan fingerprint density at radius 1 is 1.29 bits per heavy atom. The first-order chi connectivity index (χ1) is 6.55. The molecule has 0 heterocycles. The first-order valence-electron chi connectivity index (χ1n) is 4.69. The van der Waals surface area contributed by atoms with Gasteiger partial charge in [0, 0.05) is 5.54 Å². The second kappa shape index (κ2) is 4.55. The first kappa shape index (κ1) is 11.2. The summed E-state index contributed by atoms with van der Waals surface area (Å²) in [6.07, 6.45) is -0.0844. The monoisotopic (exact) mass is 195 g/mol. The SMILES string of the molecule is CC(C)(CC(O)c1ccccc1)NO. The van der Waals surface area contributed by atoms with Gasteiger partial charge in [0.25, 0.3) is 0 Å². The minimum absolute atomic E-state index is 0.466. The Labute approximate surface area is 84.3 Å². The summed E-state index contributed by atoms with van der Waals surface area (Å²) in [6.45, 7) is 3.66. The van der Waals surface area contributed by atoms with Crippen LogP contribution in [-0.2, 0) is 0 Å². The number of aliphatic hydroxyl groups is 1. The summed E-state index contributed by atoms with van der Waals surface area (Å²) in [6, 6.07) is 9.43. The fourth-order valence-electron chi connectivity index (χ4n) is 1.32. The minimum Gasteiger partial charge on any atom is -0.388 e. The lowest BCUT2D eigenvalue weighted by atomic mass is 9.94. The molecule has 14 heavy (non-hydrogen) atoms. The molecule has 1 aromatic rings. The lowest BCUT2D eigenvalue weighted by Crippen LogP contribution is -2.38. The van der Waals surface area contributed by atoms with E-state index in [-0.39, 0.29) is 0 Å². The second-order valence-electron chi connectivity index (χ2n) is 4.13.